The van der Waals surface area contributed by atoms with E-state index in [2.05, 4.69) is 19.2 Å². The van der Waals surface area contributed by atoms with Crippen molar-refractivity contribution in [1.82, 2.24) is 5.32 Å². The summed E-state index contributed by atoms with van der Waals surface area (Å²) in [6.07, 6.45) is 0.107. The van der Waals surface area contributed by atoms with Crippen LogP contribution in [0, 0.1) is 5.82 Å². The Morgan fingerprint density at radius 1 is 1.33 bits per heavy atom. The van der Waals surface area contributed by atoms with Gasteiger partial charge in [-0.3, -0.25) is 0 Å². The third-order valence-electron chi connectivity index (χ3n) is 2.92. The topological polar surface area (TPSA) is 30.5 Å². The summed E-state index contributed by atoms with van der Waals surface area (Å²) in [6.45, 7) is 6.21. The third kappa shape index (κ3) is 3.77. The predicted molar refractivity (Wildman–Crippen MR) is 68.0 cm³/mol. The van der Waals surface area contributed by atoms with Gasteiger partial charge in [0.2, 0.25) is 0 Å². The van der Waals surface area contributed by atoms with E-state index in [1.165, 1.54) is 12.1 Å². The van der Waals surface area contributed by atoms with E-state index in [0.717, 1.165) is 12.1 Å². The van der Waals surface area contributed by atoms with Crippen molar-refractivity contribution in [2.45, 2.75) is 32.1 Å². The lowest BCUT2D eigenvalue weighted by atomic mass is 10.1. The molecule has 0 saturated carbocycles. The molecule has 1 aromatic carbocycles. The summed E-state index contributed by atoms with van der Waals surface area (Å²) in [5, 5.41) is 3.35. The molecule has 1 aliphatic heterocycles. The summed E-state index contributed by atoms with van der Waals surface area (Å²) in [4.78, 5) is 0. The van der Waals surface area contributed by atoms with Crippen molar-refractivity contribution in [2.24, 2.45) is 0 Å². The lowest BCUT2D eigenvalue weighted by Gasteiger charge is -2.31. The Morgan fingerprint density at radius 3 is 2.50 bits per heavy atom. The van der Waals surface area contributed by atoms with E-state index in [-0.39, 0.29) is 18.0 Å². The second-order valence-electron chi connectivity index (χ2n) is 4.90. The number of ether oxygens (including phenoxy) is 2. The molecule has 0 aromatic heterocycles. The lowest BCUT2D eigenvalue weighted by Crippen LogP contribution is -2.39. The Hall–Kier alpha value is -0.970. The van der Waals surface area contributed by atoms with Crippen molar-refractivity contribution in [3.8, 4) is 0 Å². The predicted octanol–water partition coefficient (Wildman–Crippen LogP) is 2.28. The number of benzene rings is 1. The van der Waals surface area contributed by atoms with Gasteiger partial charge in [0.15, 0.2) is 0 Å². The van der Waals surface area contributed by atoms with Gasteiger partial charge in [0.05, 0.1) is 19.3 Å². The van der Waals surface area contributed by atoms with Crippen LogP contribution in [0.3, 0.4) is 0 Å². The van der Waals surface area contributed by atoms with Crippen LogP contribution in [-0.4, -0.2) is 31.9 Å². The Labute approximate surface area is 107 Å². The molecule has 0 spiro atoms. The smallest absolute Gasteiger partial charge is 0.123 e. The first-order valence-corrected chi connectivity index (χ1v) is 6.37. The highest BCUT2D eigenvalue weighted by atomic mass is 19.1. The molecule has 3 nitrogen and oxygen atoms in total. The van der Waals surface area contributed by atoms with Crippen LogP contribution in [0.1, 0.15) is 25.5 Å². The van der Waals surface area contributed by atoms with Crippen LogP contribution in [-0.2, 0) is 9.47 Å². The molecule has 1 heterocycles. The minimum atomic E-state index is -0.221. The summed E-state index contributed by atoms with van der Waals surface area (Å²) in [6, 6.07) is 6.90. The van der Waals surface area contributed by atoms with Gasteiger partial charge in [0.25, 0.3) is 0 Å². The maximum atomic E-state index is 12.9. The van der Waals surface area contributed by atoms with Gasteiger partial charge in [-0.25, -0.2) is 4.39 Å². The number of hydrogen-bond donors (Lipinski definition) is 1. The highest BCUT2D eigenvalue weighted by Gasteiger charge is 2.24. The first-order valence-electron chi connectivity index (χ1n) is 6.37. The summed E-state index contributed by atoms with van der Waals surface area (Å²) in [7, 11) is 0. The fourth-order valence-electron chi connectivity index (χ4n) is 1.79. The third-order valence-corrected chi connectivity index (χ3v) is 2.92. The molecule has 1 aromatic rings. The van der Waals surface area contributed by atoms with E-state index in [1.54, 1.807) is 12.1 Å². The minimum absolute atomic E-state index is 0.0538. The summed E-state index contributed by atoms with van der Waals surface area (Å²) >= 11 is 0. The number of hydrogen-bond acceptors (Lipinski definition) is 3. The Kier molecular flexibility index (Phi) is 4.69. The maximum absolute atomic E-state index is 12.9. The molecule has 1 unspecified atom stereocenters. The first-order chi connectivity index (χ1) is 8.65. The van der Waals surface area contributed by atoms with Crippen molar-refractivity contribution in [3.63, 3.8) is 0 Å². The Bertz CT molecular complexity index is 363. The first kappa shape index (κ1) is 13.5. The molecule has 1 aliphatic rings. The van der Waals surface area contributed by atoms with Gasteiger partial charge in [0, 0.05) is 12.6 Å². The van der Waals surface area contributed by atoms with E-state index in [1.807, 2.05) is 0 Å². The van der Waals surface area contributed by atoms with Gasteiger partial charge in [-0.05, 0) is 17.7 Å². The maximum Gasteiger partial charge on any atom is 0.123 e. The van der Waals surface area contributed by atoms with E-state index >= 15 is 0 Å². The fraction of sp³-hybridized carbons (Fsp3) is 0.571. The van der Waals surface area contributed by atoms with Crippen molar-refractivity contribution in [3.05, 3.63) is 35.6 Å². The molecule has 0 amide bonds. The summed E-state index contributed by atoms with van der Waals surface area (Å²) in [5.41, 5.74) is 0.997. The van der Waals surface area contributed by atoms with E-state index in [4.69, 9.17) is 9.47 Å². The quantitative estimate of drug-likeness (QED) is 0.843. The number of halogens is 1. The Balaban J connectivity index is 1.99. The highest BCUT2D eigenvalue weighted by molar-refractivity contribution is 5.19. The second-order valence-corrected chi connectivity index (χ2v) is 4.90. The van der Waals surface area contributed by atoms with Gasteiger partial charge in [-0.1, -0.05) is 26.0 Å². The number of nitrogens with one attached hydrogen (secondary N) is 1. The zero-order valence-electron chi connectivity index (χ0n) is 10.9. The minimum Gasteiger partial charge on any atom is -0.376 e. The zero-order valence-corrected chi connectivity index (χ0v) is 10.9. The highest BCUT2D eigenvalue weighted by Crippen LogP contribution is 2.22. The van der Waals surface area contributed by atoms with Crippen molar-refractivity contribution >= 4 is 0 Å². The van der Waals surface area contributed by atoms with E-state index in [0.29, 0.717) is 19.3 Å². The molecule has 18 heavy (non-hydrogen) atoms. The van der Waals surface area contributed by atoms with Crippen LogP contribution in [0.15, 0.2) is 24.3 Å². The summed E-state index contributed by atoms with van der Waals surface area (Å²) < 4.78 is 24.0. The molecule has 1 atom stereocenters. The van der Waals surface area contributed by atoms with Gasteiger partial charge >= 0.3 is 0 Å². The van der Waals surface area contributed by atoms with Gasteiger partial charge < -0.3 is 14.8 Å². The summed E-state index contributed by atoms with van der Waals surface area (Å²) in [5.74, 6) is -0.221. The average molecular weight is 253 g/mol. The van der Waals surface area contributed by atoms with Crippen LogP contribution in [0.25, 0.3) is 0 Å². The van der Waals surface area contributed by atoms with Crippen LogP contribution in [0.5, 0.6) is 0 Å². The van der Waals surface area contributed by atoms with Gasteiger partial charge in [-0.15, -0.1) is 0 Å². The molecule has 2 rings (SSSR count). The SMILES string of the molecule is CC(C)NCC(OC1COC1)c1ccc(F)cc1. The number of rotatable bonds is 6. The van der Waals surface area contributed by atoms with Gasteiger partial charge in [0.1, 0.15) is 11.9 Å². The fourth-order valence-corrected chi connectivity index (χ4v) is 1.79. The average Bonchev–Trinajstić information content (AvgIpc) is 2.28. The molecule has 1 fully saturated rings. The molecule has 1 saturated heterocycles. The molecule has 100 valence electrons. The molecule has 0 aliphatic carbocycles. The molecule has 1 N–H and O–H groups in total. The monoisotopic (exact) mass is 253 g/mol. The van der Waals surface area contributed by atoms with E-state index in [9.17, 15) is 4.39 Å². The van der Waals surface area contributed by atoms with Crippen LogP contribution >= 0.6 is 0 Å². The molecular formula is C14H20FNO2. The largest absolute Gasteiger partial charge is 0.376 e. The van der Waals surface area contributed by atoms with Crippen LogP contribution in [0.4, 0.5) is 4.39 Å². The molecule has 0 bridgehead atoms. The van der Waals surface area contributed by atoms with Gasteiger partial charge in [-0.2, -0.15) is 0 Å². The molecular weight excluding hydrogens is 233 g/mol. The normalized spacial score (nSPS) is 17.8. The van der Waals surface area contributed by atoms with Crippen LogP contribution in [0.2, 0.25) is 0 Å². The molecule has 0 radical (unpaired) electrons. The lowest BCUT2D eigenvalue weighted by molar-refractivity contribution is -0.155. The van der Waals surface area contributed by atoms with Crippen molar-refractivity contribution in [2.75, 3.05) is 19.8 Å². The Morgan fingerprint density at radius 2 is 2.00 bits per heavy atom. The van der Waals surface area contributed by atoms with Crippen molar-refractivity contribution in [1.29, 1.82) is 0 Å². The van der Waals surface area contributed by atoms with Crippen molar-refractivity contribution < 1.29 is 13.9 Å². The standard InChI is InChI=1S/C14H20FNO2/c1-10(2)16-7-14(18-13-8-17-9-13)11-3-5-12(15)6-4-11/h3-6,10,13-14,16H,7-9H2,1-2H3. The van der Waals surface area contributed by atoms with Crippen LogP contribution < -0.4 is 5.32 Å². The second kappa shape index (κ2) is 6.27. The zero-order chi connectivity index (χ0) is 13.0. The molecule has 4 heteroatoms. The van der Waals surface area contributed by atoms with E-state index < -0.39 is 0 Å².